The zero-order chi connectivity index (χ0) is 23.1. The average molecular weight is 442 g/mol. The van der Waals surface area contributed by atoms with E-state index < -0.39 is 30.3 Å². The summed E-state index contributed by atoms with van der Waals surface area (Å²) in [5.41, 5.74) is -0.159. The molecule has 0 spiro atoms. The molecule has 2 amide bonds. The van der Waals surface area contributed by atoms with Crippen molar-refractivity contribution < 1.29 is 23.5 Å². The van der Waals surface area contributed by atoms with Gasteiger partial charge in [0.2, 0.25) is 0 Å². The third-order valence-corrected chi connectivity index (χ3v) is 5.27. The Kier molecular flexibility index (Phi) is 7.75. The minimum absolute atomic E-state index is 0.159. The zero-order valence-corrected chi connectivity index (χ0v) is 18.2. The molecule has 1 aromatic carbocycles. The van der Waals surface area contributed by atoms with Gasteiger partial charge in [-0.05, 0) is 30.2 Å². The maximum atomic E-state index is 13.9. The van der Waals surface area contributed by atoms with Gasteiger partial charge in [0.1, 0.15) is 17.7 Å². The van der Waals surface area contributed by atoms with Crippen LogP contribution < -0.4 is 10.2 Å². The van der Waals surface area contributed by atoms with Crippen LogP contribution in [-0.4, -0.2) is 66.5 Å². The number of hydrogen-bond acceptors (Lipinski definition) is 6. The van der Waals surface area contributed by atoms with Gasteiger partial charge >= 0.3 is 5.97 Å². The fraction of sp³-hybridized carbons (Fsp3) is 0.391. The standard InChI is InChI=1S/C23H27FN4O4/c1-16(2)21(26-22(30)17-7-3-4-8-18(17)24)23(31)32-15-20(29)28-13-11-27(12-14-28)19-9-5-6-10-25-19/h3-10,16,21H,11-15H2,1-2H3,(H,26,30)/t21-/m0/s1. The van der Waals surface area contributed by atoms with Crippen molar-refractivity contribution in [1.82, 2.24) is 15.2 Å². The fourth-order valence-electron chi connectivity index (χ4n) is 3.40. The fourth-order valence-corrected chi connectivity index (χ4v) is 3.40. The van der Waals surface area contributed by atoms with E-state index in [1.807, 2.05) is 18.2 Å². The number of ether oxygens (including phenoxy) is 1. The van der Waals surface area contributed by atoms with Crippen LogP contribution in [-0.2, 0) is 14.3 Å². The van der Waals surface area contributed by atoms with Crippen LogP contribution in [0.3, 0.4) is 0 Å². The summed E-state index contributed by atoms with van der Waals surface area (Å²) < 4.78 is 19.0. The Morgan fingerprint density at radius 2 is 1.75 bits per heavy atom. The normalized spacial score (nSPS) is 14.8. The topological polar surface area (TPSA) is 91.8 Å². The predicted molar refractivity (Wildman–Crippen MR) is 116 cm³/mol. The van der Waals surface area contributed by atoms with E-state index in [1.54, 1.807) is 24.9 Å². The third-order valence-electron chi connectivity index (χ3n) is 5.27. The van der Waals surface area contributed by atoms with E-state index in [2.05, 4.69) is 15.2 Å². The van der Waals surface area contributed by atoms with Gasteiger partial charge < -0.3 is 19.9 Å². The van der Waals surface area contributed by atoms with Gasteiger partial charge in [0.25, 0.3) is 11.8 Å². The van der Waals surface area contributed by atoms with Gasteiger partial charge in [0.05, 0.1) is 5.56 Å². The van der Waals surface area contributed by atoms with Crippen LogP contribution in [0.2, 0.25) is 0 Å². The Balaban J connectivity index is 1.50. The number of nitrogens with one attached hydrogen (secondary N) is 1. The van der Waals surface area contributed by atoms with Crippen molar-refractivity contribution in [3.63, 3.8) is 0 Å². The molecule has 8 nitrogen and oxygen atoms in total. The highest BCUT2D eigenvalue weighted by molar-refractivity contribution is 5.97. The van der Waals surface area contributed by atoms with E-state index in [-0.39, 0.29) is 17.4 Å². The van der Waals surface area contributed by atoms with Crippen LogP contribution >= 0.6 is 0 Å². The van der Waals surface area contributed by atoms with Crippen LogP contribution in [0, 0.1) is 11.7 Å². The van der Waals surface area contributed by atoms with Crippen LogP contribution in [0.15, 0.2) is 48.7 Å². The third kappa shape index (κ3) is 5.81. The Hall–Kier alpha value is -3.49. The summed E-state index contributed by atoms with van der Waals surface area (Å²) in [5, 5.41) is 2.51. The van der Waals surface area contributed by atoms with Crippen molar-refractivity contribution in [1.29, 1.82) is 0 Å². The van der Waals surface area contributed by atoms with Gasteiger partial charge in [-0.1, -0.05) is 32.0 Å². The largest absolute Gasteiger partial charge is 0.454 e. The van der Waals surface area contributed by atoms with E-state index in [4.69, 9.17) is 4.74 Å². The highest BCUT2D eigenvalue weighted by atomic mass is 19.1. The van der Waals surface area contributed by atoms with Gasteiger partial charge in [0, 0.05) is 32.4 Å². The number of rotatable bonds is 7. The Morgan fingerprint density at radius 3 is 2.38 bits per heavy atom. The molecule has 1 atom stereocenters. The minimum atomic E-state index is -1.00. The first-order valence-electron chi connectivity index (χ1n) is 10.5. The highest BCUT2D eigenvalue weighted by Crippen LogP contribution is 2.13. The Morgan fingerprint density at radius 1 is 1.06 bits per heavy atom. The number of amides is 2. The lowest BCUT2D eigenvalue weighted by Crippen LogP contribution is -2.51. The molecule has 2 heterocycles. The Bertz CT molecular complexity index is 946. The first kappa shape index (κ1) is 23.2. The van der Waals surface area contributed by atoms with E-state index in [1.165, 1.54) is 24.3 Å². The summed E-state index contributed by atoms with van der Waals surface area (Å²) in [6.45, 7) is 5.28. The van der Waals surface area contributed by atoms with Crippen LogP contribution in [0.1, 0.15) is 24.2 Å². The van der Waals surface area contributed by atoms with Crippen molar-refractivity contribution in [2.45, 2.75) is 19.9 Å². The van der Waals surface area contributed by atoms with Crippen molar-refractivity contribution in [2.75, 3.05) is 37.7 Å². The number of halogens is 1. The molecule has 1 aromatic heterocycles. The molecule has 0 unspecified atom stereocenters. The number of anilines is 1. The molecule has 1 aliphatic rings. The molecule has 0 saturated carbocycles. The number of esters is 1. The second-order valence-corrected chi connectivity index (χ2v) is 7.84. The van der Waals surface area contributed by atoms with Crippen molar-refractivity contribution >= 4 is 23.6 Å². The lowest BCUT2D eigenvalue weighted by atomic mass is 10.0. The number of hydrogen-bond donors (Lipinski definition) is 1. The number of benzene rings is 1. The second kappa shape index (κ2) is 10.7. The number of carbonyl (C=O) groups is 3. The van der Waals surface area contributed by atoms with E-state index in [0.29, 0.717) is 26.2 Å². The summed E-state index contributed by atoms with van der Waals surface area (Å²) in [4.78, 5) is 45.5. The molecule has 1 saturated heterocycles. The number of pyridine rings is 1. The first-order valence-corrected chi connectivity index (χ1v) is 10.5. The van der Waals surface area contributed by atoms with Crippen LogP contribution in [0.4, 0.5) is 10.2 Å². The number of nitrogens with zero attached hydrogens (tertiary/aromatic N) is 3. The molecule has 0 bridgehead atoms. The molecule has 3 rings (SSSR count). The number of carbonyl (C=O) groups excluding carboxylic acids is 3. The molecule has 2 aromatic rings. The van der Waals surface area contributed by atoms with Gasteiger partial charge in [-0.15, -0.1) is 0 Å². The van der Waals surface area contributed by atoms with Crippen molar-refractivity contribution in [3.8, 4) is 0 Å². The maximum Gasteiger partial charge on any atom is 0.329 e. The van der Waals surface area contributed by atoms with Crippen molar-refractivity contribution in [2.24, 2.45) is 5.92 Å². The first-order chi connectivity index (χ1) is 15.4. The molecule has 1 fully saturated rings. The van der Waals surface area contributed by atoms with Gasteiger partial charge in [-0.2, -0.15) is 0 Å². The minimum Gasteiger partial charge on any atom is -0.454 e. The molecule has 0 radical (unpaired) electrons. The van der Waals surface area contributed by atoms with Crippen LogP contribution in [0.25, 0.3) is 0 Å². The summed E-state index contributed by atoms with van der Waals surface area (Å²) in [5.74, 6) is -1.88. The Labute approximate surface area is 186 Å². The quantitative estimate of drug-likeness (QED) is 0.659. The molecular formula is C23H27FN4O4. The highest BCUT2D eigenvalue weighted by Gasteiger charge is 2.29. The molecule has 9 heteroatoms. The summed E-state index contributed by atoms with van der Waals surface area (Å²) in [6.07, 6.45) is 1.72. The number of aromatic nitrogens is 1. The zero-order valence-electron chi connectivity index (χ0n) is 18.2. The summed E-state index contributed by atoms with van der Waals surface area (Å²) in [6, 6.07) is 10.2. The summed E-state index contributed by atoms with van der Waals surface area (Å²) in [7, 11) is 0. The lowest BCUT2D eigenvalue weighted by Gasteiger charge is -2.35. The monoisotopic (exact) mass is 442 g/mol. The second-order valence-electron chi connectivity index (χ2n) is 7.84. The SMILES string of the molecule is CC(C)[C@H](NC(=O)c1ccccc1F)C(=O)OCC(=O)N1CCN(c2ccccn2)CC1. The molecule has 32 heavy (non-hydrogen) atoms. The van der Waals surface area contributed by atoms with Gasteiger partial charge in [-0.25, -0.2) is 14.2 Å². The molecular weight excluding hydrogens is 415 g/mol. The van der Waals surface area contributed by atoms with E-state index >= 15 is 0 Å². The van der Waals surface area contributed by atoms with Gasteiger partial charge in [-0.3, -0.25) is 9.59 Å². The smallest absolute Gasteiger partial charge is 0.329 e. The predicted octanol–water partition coefficient (Wildman–Crippen LogP) is 1.87. The van der Waals surface area contributed by atoms with E-state index in [0.717, 1.165) is 5.82 Å². The number of piperazine rings is 1. The molecule has 0 aliphatic carbocycles. The average Bonchev–Trinajstić information content (AvgIpc) is 2.81. The maximum absolute atomic E-state index is 13.9. The summed E-state index contributed by atoms with van der Waals surface area (Å²) >= 11 is 0. The molecule has 170 valence electrons. The van der Waals surface area contributed by atoms with E-state index in [9.17, 15) is 18.8 Å². The van der Waals surface area contributed by atoms with Crippen LogP contribution in [0.5, 0.6) is 0 Å². The molecule has 1 N–H and O–H groups in total. The lowest BCUT2D eigenvalue weighted by molar-refractivity contribution is -0.154. The van der Waals surface area contributed by atoms with Gasteiger partial charge in [0.15, 0.2) is 6.61 Å². The van der Waals surface area contributed by atoms with Crippen molar-refractivity contribution in [3.05, 3.63) is 60.0 Å². The molecule has 1 aliphatic heterocycles.